The van der Waals surface area contributed by atoms with Crippen molar-refractivity contribution in [2.24, 2.45) is 0 Å². The van der Waals surface area contributed by atoms with Crippen molar-refractivity contribution < 1.29 is 13.9 Å². The molecular weight excluding hydrogens is 433 g/mol. The number of anilines is 3. The van der Waals surface area contributed by atoms with Gasteiger partial charge in [0.05, 0.1) is 18.4 Å². The predicted octanol–water partition coefficient (Wildman–Crippen LogP) is 4.30. The van der Waals surface area contributed by atoms with Gasteiger partial charge in [-0.25, -0.2) is 9.37 Å². The molecule has 0 spiro atoms. The van der Waals surface area contributed by atoms with Gasteiger partial charge in [-0.1, -0.05) is 11.6 Å². The Kier molecular flexibility index (Phi) is 7.02. The second kappa shape index (κ2) is 9.77. The molecule has 0 bridgehead atoms. The van der Waals surface area contributed by atoms with E-state index in [0.717, 1.165) is 24.5 Å². The van der Waals surface area contributed by atoms with Gasteiger partial charge < -0.3 is 24.6 Å². The lowest BCUT2D eigenvalue weighted by molar-refractivity contribution is -0.00521. The lowest BCUT2D eigenvalue weighted by Crippen LogP contribution is -2.45. The van der Waals surface area contributed by atoms with Crippen LogP contribution in [0.3, 0.4) is 0 Å². The summed E-state index contributed by atoms with van der Waals surface area (Å²) in [6.45, 7) is 7.27. The number of morpholine rings is 1. The van der Waals surface area contributed by atoms with Gasteiger partial charge in [-0.05, 0) is 58.0 Å². The van der Waals surface area contributed by atoms with E-state index >= 15 is 0 Å². The van der Waals surface area contributed by atoms with Crippen LogP contribution in [0.25, 0.3) is 0 Å². The summed E-state index contributed by atoms with van der Waals surface area (Å²) in [4.78, 5) is 13.0. The maximum atomic E-state index is 15.0. The second-order valence-electron chi connectivity index (χ2n) is 8.92. The Bertz CT molecular complexity index is 898. The summed E-state index contributed by atoms with van der Waals surface area (Å²) in [6.07, 6.45) is 2.75. The standard InChI is InChI=1S/C23H31ClFN5O2/c1-16-13-30(14-17(2)32-16)19-6-4-18(5-7-19)27-22-26-12-20(24)21(28-22)31-15-23(25)8-10-29(3)11-9-23/h4-7,12,16-17H,8-11,13-15H2,1-3H3,(H,26,27,28)/t16-,17+. The molecule has 9 heteroatoms. The quantitative estimate of drug-likeness (QED) is 0.685. The number of likely N-dealkylation sites (tertiary alicyclic amines) is 1. The van der Waals surface area contributed by atoms with E-state index in [2.05, 4.69) is 51.1 Å². The Morgan fingerprint density at radius 3 is 2.50 bits per heavy atom. The predicted molar refractivity (Wildman–Crippen MR) is 125 cm³/mol. The topological polar surface area (TPSA) is 62.8 Å². The van der Waals surface area contributed by atoms with Crippen molar-refractivity contribution in [3.63, 3.8) is 0 Å². The molecule has 2 saturated heterocycles. The molecule has 1 aromatic heterocycles. The normalized spacial score (nSPS) is 23.7. The van der Waals surface area contributed by atoms with Gasteiger partial charge in [-0.15, -0.1) is 0 Å². The minimum atomic E-state index is -1.36. The zero-order valence-corrected chi connectivity index (χ0v) is 19.6. The number of alkyl halides is 1. The van der Waals surface area contributed by atoms with Crippen LogP contribution in [0.5, 0.6) is 5.88 Å². The maximum absolute atomic E-state index is 15.0. The van der Waals surface area contributed by atoms with Gasteiger partial charge in [-0.2, -0.15) is 4.98 Å². The van der Waals surface area contributed by atoms with E-state index in [0.29, 0.717) is 31.9 Å². The average Bonchev–Trinajstić information content (AvgIpc) is 2.76. The molecule has 2 fully saturated rings. The molecule has 2 aromatic rings. The van der Waals surface area contributed by atoms with Crippen LogP contribution in [0, 0.1) is 0 Å². The summed E-state index contributed by atoms with van der Waals surface area (Å²) in [5, 5.41) is 3.43. The third-order valence-corrected chi connectivity index (χ3v) is 6.23. The van der Waals surface area contributed by atoms with Crippen molar-refractivity contribution >= 4 is 28.9 Å². The van der Waals surface area contributed by atoms with Gasteiger partial charge >= 0.3 is 0 Å². The fourth-order valence-corrected chi connectivity index (χ4v) is 4.29. The van der Waals surface area contributed by atoms with Crippen molar-refractivity contribution in [1.82, 2.24) is 14.9 Å². The smallest absolute Gasteiger partial charge is 0.237 e. The van der Waals surface area contributed by atoms with Gasteiger partial charge in [0.1, 0.15) is 17.3 Å². The van der Waals surface area contributed by atoms with Crippen LogP contribution >= 0.6 is 11.6 Å². The molecule has 4 rings (SSSR count). The van der Waals surface area contributed by atoms with E-state index in [1.54, 1.807) is 0 Å². The van der Waals surface area contributed by atoms with E-state index in [1.807, 2.05) is 19.2 Å². The van der Waals surface area contributed by atoms with Crippen molar-refractivity contribution in [2.75, 3.05) is 50.1 Å². The van der Waals surface area contributed by atoms with Crippen molar-refractivity contribution in [3.8, 4) is 5.88 Å². The molecule has 32 heavy (non-hydrogen) atoms. The molecule has 2 aliphatic rings. The second-order valence-corrected chi connectivity index (χ2v) is 9.33. The Morgan fingerprint density at radius 2 is 1.84 bits per heavy atom. The molecule has 7 nitrogen and oxygen atoms in total. The molecule has 174 valence electrons. The van der Waals surface area contributed by atoms with Crippen LogP contribution < -0.4 is 15.0 Å². The monoisotopic (exact) mass is 463 g/mol. The number of benzene rings is 1. The maximum Gasteiger partial charge on any atom is 0.237 e. The van der Waals surface area contributed by atoms with Crippen LogP contribution in [-0.2, 0) is 4.74 Å². The highest BCUT2D eigenvalue weighted by Crippen LogP contribution is 2.30. The largest absolute Gasteiger partial charge is 0.473 e. The van der Waals surface area contributed by atoms with Crippen LogP contribution in [0.2, 0.25) is 5.02 Å². The van der Waals surface area contributed by atoms with Gasteiger partial charge in [0.15, 0.2) is 0 Å². The Hall–Kier alpha value is -2.16. The average molecular weight is 464 g/mol. The summed E-state index contributed by atoms with van der Waals surface area (Å²) in [7, 11) is 1.99. The number of nitrogens with one attached hydrogen (secondary N) is 1. The molecule has 3 heterocycles. The van der Waals surface area contributed by atoms with Crippen LogP contribution in [0.4, 0.5) is 21.7 Å². The third-order valence-electron chi connectivity index (χ3n) is 5.97. The van der Waals surface area contributed by atoms with Gasteiger partial charge in [-0.3, -0.25) is 0 Å². The molecule has 0 saturated carbocycles. The highest BCUT2D eigenvalue weighted by atomic mass is 35.5. The lowest BCUT2D eigenvalue weighted by Gasteiger charge is -2.36. The Morgan fingerprint density at radius 1 is 1.19 bits per heavy atom. The summed E-state index contributed by atoms with van der Waals surface area (Å²) < 4.78 is 26.5. The van der Waals surface area contributed by atoms with Gasteiger partial charge in [0, 0.05) is 37.6 Å². The number of hydrogen-bond donors (Lipinski definition) is 1. The zero-order valence-electron chi connectivity index (χ0n) is 18.9. The number of hydrogen-bond acceptors (Lipinski definition) is 7. The third kappa shape index (κ3) is 5.79. The fraction of sp³-hybridized carbons (Fsp3) is 0.565. The Balaban J connectivity index is 1.38. The molecule has 0 aliphatic carbocycles. The highest BCUT2D eigenvalue weighted by molar-refractivity contribution is 6.31. The number of ether oxygens (including phenoxy) is 2. The van der Waals surface area contributed by atoms with E-state index in [4.69, 9.17) is 21.1 Å². The first-order valence-electron chi connectivity index (χ1n) is 11.1. The molecule has 2 aliphatic heterocycles. The summed E-state index contributed by atoms with van der Waals surface area (Å²) >= 11 is 6.19. The van der Waals surface area contributed by atoms with E-state index in [1.165, 1.54) is 6.20 Å². The first kappa shape index (κ1) is 23.0. The molecule has 0 radical (unpaired) electrons. The molecular formula is C23H31ClFN5O2. The fourth-order valence-electron chi connectivity index (χ4n) is 4.15. The number of piperidine rings is 1. The van der Waals surface area contributed by atoms with Crippen LogP contribution in [-0.4, -0.2) is 72.6 Å². The number of nitrogens with zero attached hydrogens (tertiary/aromatic N) is 4. The van der Waals surface area contributed by atoms with Crippen molar-refractivity contribution in [1.29, 1.82) is 0 Å². The van der Waals surface area contributed by atoms with Crippen molar-refractivity contribution in [2.45, 2.75) is 44.6 Å². The van der Waals surface area contributed by atoms with Crippen LogP contribution in [0.1, 0.15) is 26.7 Å². The van der Waals surface area contributed by atoms with Crippen molar-refractivity contribution in [3.05, 3.63) is 35.5 Å². The van der Waals surface area contributed by atoms with Gasteiger partial charge in [0.25, 0.3) is 0 Å². The SMILES string of the molecule is C[C@@H]1CN(c2ccc(Nc3ncc(Cl)c(OCC4(F)CCN(C)CC4)n3)cc2)C[C@H](C)O1. The molecule has 2 atom stereocenters. The minimum Gasteiger partial charge on any atom is -0.473 e. The molecule has 0 amide bonds. The van der Waals surface area contributed by atoms with E-state index in [9.17, 15) is 4.39 Å². The first-order chi connectivity index (χ1) is 15.3. The summed E-state index contributed by atoms with van der Waals surface area (Å²) in [6, 6.07) is 8.09. The summed E-state index contributed by atoms with van der Waals surface area (Å²) in [5.41, 5.74) is 0.622. The lowest BCUT2D eigenvalue weighted by atomic mass is 9.95. The van der Waals surface area contributed by atoms with Gasteiger partial charge in [0.2, 0.25) is 11.8 Å². The van der Waals surface area contributed by atoms with E-state index in [-0.39, 0.29) is 29.7 Å². The van der Waals surface area contributed by atoms with Crippen LogP contribution in [0.15, 0.2) is 30.5 Å². The number of aromatic nitrogens is 2. The first-order valence-corrected chi connectivity index (χ1v) is 11.5. The summed E-state index contributed by atoms with van der Waals surface area (Å²) in [5.74, 6) is 0.537. The number of halogens is 2. The molecule has 0 unspecified atom stereocenters. The number of rotatable bonds is 6. The van der Waals surface area contributed by atoms with E-state index < -0.39 is 5.67 Å². The molecule has 1 N–H and O–H groups in total. The zero-order chi connectivity index (χ0) is 22.7. The highest BCUT2D eigenvalue weighted by Gasteiger charge is 2.34. The Labute approximate surface area is 193 Å². The molecule has 1 aromatic carbocycles. The minimum absolute atomic E-state index is 0.0674.